The monoisotopic (exact) mass is 470 g/mol. The van der Waals surface area contributed by atoms with Crippen molar-refractivity contribution in [3.63, 3.8) is 0 Å². The standard InChI is InChI=1S/C19H21F3N6O3S/c1-3-32(30,31)28-14-7-4-12(5-8-14)17(27-24)16(18(23)29)11(2)26-15-9-6-13(10-25-15)19(20,21)22/h4-10,27-28H,3,24H2,1-2H3,(H2,23,29). The van der Waals surface area contributed by atoms with Crippen LogP contribution in [0.25, 0.3) is 5.70 Å². The van der Waals surface area contributed by atoms with Gasteiger partial charge >= 0.3 is 6.18 Å². The molecule has 0 radical (unpaired) electrons. The van der Waals surface area contributed by atoms with Gasteiger partial charge in [-0.25, -0.2) is 18.4 Å². The van der Waals surface area contributed by atoms with Crippen LogP contribution in [0.1, 0.15) is 25.0 Å². The number of hydrogen-bond acceptors (Lipinski definition) is 7. The van der Waals surface area contributed by atoms with Crippen LogP contribution in [0.3, 0.4) is 0 Å². The van der Waals surface area contributed by atoms with E-state index in [-0.39, 0.29) is 28.6 Å². The lowest BCUT2D eigenvalue weighted by molar-refractivity contribution is -0.137. The van der Waals surface area contributed by atoms with Gasteiger partial charge in [0, 0.05) is 11.9 Å². The molecule has 13 heteroatoms. The summed E-state index contributed by atoms with van der Waals surface area (Å²) in [7, 11) is -3.47. The highest BCUT2D eigenvalue weighted by Gasteiger charge is 2.30. The van der Waals surface area contributed by atoms with Gasteiger partial charge in [0.05, 0.1) is 28.3 Å². The second kappa shape index (κ2) is 9.78. The summed E-state index contributed by atoms with van der Waals surface area (Å²) in [4.78, 5) is 19.8. The molecule has 0 aliphatic rings. The first-order valence-corrected chi connectivity index (χ1v) is 10.7. The zero-order valence-corrected chi connectivity index (χ0v) is 17.9. The van der Waals surface area contributed by atoms with Crippen LogP contribution in [0.5, 0.6) is 0 Å². The molecule has 0 spiro atoms. The smallest absolute Gasteiger partial charge is 0.365 e. The predicted octanol–water partition coefficient (Wildman–Crippen LogP) is 2.31. The number of carbonyl (C=O) groups is 1. The third-order valence-corrected chi connectivity index (χ3v) is 5.49. The lowest BCUT2D eigenvalue weighted by atomic mass is 10.0. The zero-order valence-electron chi connectivity index (χ0n) is 17.1. The van der Waals surface area contributed by atoms with E-state index in [4.69, 9.17) is 11.6 Å². The number of nitrogens with one attached hydrogen (secondary N) is 2. The Bertz CT molecular complexity index is 1140. The van der Waals surface area contributed by atoms with Crippen LogP contribution < -0.4 is 21.7 Å². The zero-order chi connectivity index (χ0) is 24.1. The Balaban J connectivity index is 2.45. The molecule has 1 amide bonds. The molecule has 0 atom stereocenters. The first-order valence-electron chi connectivity index (χ1n) is 9.08. The molecule has 1 aromatic carbocycles. The van der Waals surface area contributed by atoms with Crippen molar-refractivity contribution < 1.29 is 26.4 Å². The molecule has 2 rings (SSSR count). The van der Waals surface area contributed by atoms with Crippen molar-refractivity contribution in [1.82, 2.24) is 10.4 Å². The molecule has 0 bridgehead atoms. The van der Waals surface area contributed by atoms with E-state index in [2.05, 4.69) is 20.1 Å². The van der Waals surface area contributed by atoms with Crippen molar-refractivity contribution in [3.8, 4) is 0 Å². The summed E-state index contributed by atoms with van der Waals surface area (Å²) in [5, 5.41) is 0. The normalized spacial score (nSPS) is 13.4. The summed E-state index contributed by atoms with van der Waals surface area (Å²) < 4.78 is 63.8. The lowest BCUT2D eigenvalue weighted by Crippen LogP contribution is -2.29. The first-order chi connectivity index (χ1) is 14.9. The van der Waals surface area contributed by atoms with Crippen molar-refractivity contribution in [2.24, 2.45) is 16.6 Å². The summed E-state index contributed by atoms with van der Waals surface area (Å²) in [6.07, 6.45) is -3.92. The highest BCUT2D eigenvalue weighted by molar-refractivity contribution is 7.92. The van der Waals surface area contributed by atoms with Crippen molar-refractivity contribution >= 4 is 38.8 Å². The van der Waals surface area contributed by atoms with Crippen molar-refractivity contribution in [3.05, 3.63) is 59.3 Å². The lowest BCUT2D eigenvalue weighted by Gasteiger charge is -2.14. The summed E-state index contributed by atoms with van der Waals surface area (Å²) in [5.41, 5.74) is 7.59. The molecular weight excluding hydrogens is 449 g/mol. The maximum absolute atomic E-state index is 12.7. The van der Waals surface area contributed by atoms with Crippen molar-refractivity contribution in [2.75, 3.05) is 10.5 Å². The topological polar surface area (TPSA) is 153 Å². The summed E-state index contributed by atoms with van der Waals surface area (Å²) >= 11 is 0. The van der Waals surface area contributed by atoms with Crippen LogP contribution in [-0.2, 0) is 21.0 Å². The number of aromatic nitrogens is 1. The average molecular weight is 470 g/mol. The fourth-order valence-corrected chi connectivity index (χ4v) is 3.23. The summed E-state index contributed by atoms with van der Waals surface area (Å²) in [6.45, 7) is 2.91. The molecular formula is C19H21F3N6O3S. The Labute approximate surface area is 182 Å². The number of hydrogen-bond donors (Lipinski definition) is 4. The molecule has 0 saturated carbocycles. The van der Waals surface area contributed by atoms with Gasteiger partial charge in [-0.2, -0.15) is 13.2 Å². The molecule has 0 aliphatic carbocycles. The number of amides is 1. The van der Waals surface area contributed by atoms with E-state index in [1.54, 1.807) is 0 Å². The highest BCUT2D eigenvalue weighted by atomic mass is 32.2. The molecule has 2 aromatic rings. The van der Waals surface area contributed by atoms with Gasteiger partial charge in [0.15, 0.2) is 5.82 Å². The van der Waals surface area contributed by atoms with Crippen LogP contribution in [0.4, 0.5) is 24.7 Å². The minimum Gasteiger partial charge on any atom is -0.365 e. The number of anilines is 1. The SMILES string of the molecule is CCS(=O)(=O)Nc1ccc(C(NN)=C(C(N)=O)C(C)=Nc2ccc(C(F)(F)F)cn2)cc1. The van der Waals surface area contributed by atoms with E-state index >= 15 is 0 Å². The van der Waals surface area contributed by atoms with Crippen LogP contribution in [0.2, 0.25) is 0 Å². The number of alkyl halides is 3. The Morgan fingerprint density at radius 1 is 1.16 bits per heavy atom. The molecule has 6 N–H and O–H groups in total. The molecule has 0 saturated heterocycles. The Morgan fingerprint density at radius 2 is 1.78 bits per heavy atom. The van der Waals surface area contributed by atoms with Gasteiger partial charge in [-0.3, -0.25) is 15.4 Å². The van der Waals surface area contributed by atoms with Crippen LogP contribution in [-0.4, -0.2) is 30.8 Å². The molecule has 32 heavy (non-hydrogen) atoms. The van der Waals surface area contributed by atoms with E-state index in [1.807, 2.05) is 0 Å². The number of benzene rings is 1. The second-order valence-electron chi connectivity index (χ2n) is 6.44. The number of primary amides is 1. The largest absolute Gasteiger partial charge is 0.417 e. The molecule has 0 unspecified atom stereocenters. The van der Waals surface area contributed by atoms with E-state index in [0.717, 1.165) is 12.1 Å². The molecule has 0 fully saturated rings. The van der Waals surface area contributed by atoms with E-state index in [9.17, 15) is 26.4 Å². The Kier molecular flexibility index (Phi) is 7.59. The van der Waals surface area contributed by atoms with Crippen LogP contribution in [0, 0.1) is 0 Å². The predicted molar refractivity (Wildman–Crippen MR) is 115 cm³/mol. The van der Waals surface area contributed by atoms with E-state index in [1.165, 1.54) is 38.1 Å². The van der Waals surface area contributed by atoms with Crippen LogP contribution >= 0.6 is 0 Å². The van der Waals surface area contributed by atoms with Gasteiger partial charge in [0.2, 0.25) is 10.0 Å². The number of pyridine rings is 1. The van der Waals surface area contributed by atoms with Gasteiger partial charge in [0.1, 0.15) is 0 Å². The molecule has 9 nitrogen and oxygen atoms in total. The summed E-state index contributed by atoms with van der Waals surface area (Å²) in [5.74, 6) is 4.50. The van der Waals surface area contributed by atoms with E-state index in [0.29, 0.717) is 17.4 Å². The maximum Gasteiger partial charge on any atom is 0.417 e. The number of carbonyl (C=O) groups excluding carboxylic acids is 1. The average Bonchev–Trinajstić information content (AvgIpc) is 2.71. The second-order valence-corrected chi connectivity index (χ2v) is 8.45. The number of nitrogens with two attached hydrogens (primary N) is 2. The summed E-state index contributed by atoms with van der Waals surface area (Å²) in [6, 6.07) is 7.77. The van der Waals surface area contributed by atoms with Gasteiger partial charge < -0.3 is 11.2 Å². The van der Waals surface area contributed by atoms with Gasteiger partial charge in [-0.05, 0) is 43.7 Å². The third-order valence-electron chi connectivity index (χ3n) is 4.19. The molecule has 1 aromatic heterocycles. The van der Waals surface area contributed by atoms with Gasteiger partial charge in [-0.1, -0.05) is 12.1 Å². The minimum absolute atomic E-state index is 0.0495. The maximum atomic E-state index is 12.7. The number of rotatable bonds is 8. The number of aliphatic imine (C=N–C) groups is 1. The third kappa shape index (κ3) is 6.28. The van der Waals surface area contributed by atoms with E-state index < -0.39 is 27.7 Å². The number of halogens is 3. The molecule has 0 aliphatic heterocycles. The fraction of sp³-hybridized carbons (Fsp3) is 0.211. The number of nitrogens with zero attached hydrogens (tertiary/aromatic N) is 2. The Morgan fingerprint density at radius 3 is 2.22 bits per heavy atom. The number of sulfonamides is 1. The highest BCUT2D eigenvalue weighted by Crippen LogP contribution is 2.29. The molecule has 1 heterocycles. The van der Waals surface area contributed by atoms with Gasteiger partial charge in [0.25, 0.3) is 5.91 Å². The van der Waals surface area contributed by atoms with Crippen molar-refractivity contribution in [2.45, 2.75) is 20.0 Å². The number of hydrazine groups is 1. The first kappa shape index (κ1) is 24.8. The quantitative estimate of drug-likeness (QED) is 0.201. The fourth-order valence-electron chi connectivity index (χ4n) is 2.59. The van der Waals surface area contributed by atoms with Gasteiger partial charge in [-0.15, -0.1) is 0 Å². The minimum atomic E-state index is -4.54. The Hall–Kier alpha value is -3.45. The van der Waals surface area contributed by atoms with Crippen LogP contribution in [0.15, 0.2) is 53.2 Å². The molecule has 172 valence electrons. The van der Waals surface area contributed by atoms with Crippen molar-refractivity contribution in [1.29, 1.82) is 0 Å².